The number of amides is 1. The molecule has 0 aliphatic carbocycles. The standard InChI is InChI=1S/C19H23N5O2/c1-4-16(19(26)20-10-9-18-21-12-22-23(18)3)24-11-15(13(2)25)14-7-5-6-8-17(14)24/h5-8,11-12,16H,4,9-10H2,1-3H3,(H,20,26)/t16-/m0/s1. The van der Waals surface area contributed by atoms with Crippen LogP contribution < -0.4 is 5.32 Å². The molecule has 1 N–H and O–H groups in total. The molecular formula is C19H23N5O2. The van der Waals surface area contributed by atoms with E-state index in [4.69, 9.17) is 0 Å². The van der Waals surface area contributed by atoms with Gasteiger partial charge in [0, 0.05) is 42.7 Å². The zero-order chi connectivity index (χ0) is 18.7. The second-order valence-electron chi connectivity index (χ2n) is 6.29. The molecule has 0 aliphatic rings. The van der Waals surface area contributed by atoms with Crippen LogP contribution in [0.5, 0.6) is 0 Å². The van der Waals surface area contributed by atoms with Gasteiger partial charge in [0.2, 0.25) is 5.91 Å². The molecule has 0 saturated carbocycles. The molecule has 1 amide bonds. The van der Waals surface area contributed by atoms with Gasteiger partial charge in [0.25, 0.3) is 0 Å². The zero-order valence-corrected chi connectivity index (χ0v) is 15.3. The lowest BCUT2D eigenvalue weighted by atomic mass is 10.1. The first-order valence-corrected chi connectivity index (χ1v) is 8.74. The third-order valence-corrected chi connectivity index (χ3v) is 4.60. The SMILES string of the molecule is CC[C@@H](C(=O)NCCc1ncnn1C)n1cc(C(C)=O)c2ccccc21. The summed E-state index contributed by atoms with van der Waals surface area (Å²) in [6.45, 7) is 4.00. The lowest BCUT2D eigenvalue weighted by Crippen LogP contribution is -2.33. The summed E-state index contributed by atoms with van der Waals surface area (Å²) in [5.41, 5.74) is 1.54. The largest absolute Gasteiger partial charge is 0.354 e. The summed E-state index contributed by atoms with van der Waals surface area (Å²) >= 11 is 0. The Morgan fingerprint density at radius 1 is 1.27 bits per heavy atom. The van der Waals surface area contributed by atoms with Crippen molar-refractivity contribution in [2.45, 2.75) is 32.7 Å². The molecule has 2 heterocycles. The van der Waals surface area contributed by atoms with E-state index in [-0.39, 0.29) is 17.7 Å². The first-order chi connectivity index (χ1) is 12.5. The van der Waals surface area contributed by atoms with Crippen LogP contribution >= 0.6 is 0 Å². The number of nitrogens with one attached hydrogen (secondary N) is 1. The molecule has 0 bridgehead atoms. The van der Waals surface area contributed by atoms with Crippen molar-refractivity contribution in [3.63, 3.8) is 0 Å². The van der Waals surface area contributed by atoms with Crippen molar-refractivity contribution >= 4 is 22.6 Å². The maximum absolute atomic E-state index is 12.8. The monoisotopic (exact) mass is 353 g/mol. The maximum Gasteiger partial charge on any atom is 0.243 e. The Morgan fingerprint density at radius 3 is 2.69 bits per heavy atom. The number of nitrogens with zero attached hydrogens (tertiary/aromatic N) is 4. The summed E-state index contributed by atoms with van der Waals surface area (Å²) in [7, 11) is 1.83. The van der Waals surface area contributed by atoms with Crippen molar-refractivity contribution in [3.05, 3.63) is 48.2 Å². The van der Waals surface area contributed by atoms with Crippen LogP contribution in [0.25, 0.3) is 10.9 Å². The van der Waals surface area contributed by atoms with Crippen molar-refractivity contribution in [3.8, 4) is 0 Å². The van der Waals surface area contributed by atoms with E-state index in [1.54, 1.807) is 17.8 Å². The first-order valence-electron chi connectivity index (χ1n) is 8.74. The quantitative estimate of drug-likeness (QED) is 0.661. The Morgan fingerprint density at radius 2 is 2.04 bits per heavy atom. The highest BCUT2D eigenvalue weighted by atomic mass is 16.2. The van der Waals surface area contributed by atoms with Crippen LogP contribution in [-0.2, 0) is 18.3 Å². The number of rotatable bonds is 7. The predicted octanol–water partition coefficient (Wildman–Crippen LogP) is 2.28. The fourth-order valence-corrected chi connectivity index (χ4v) is 3.21. The van der Waals surface area contributed by atoms with E-state index in [0.717, 1.165) is 16.7 Å². The van der Waals surface area contributed by atoms with E-state index in [0.29, 0.717) is 24.9 Å². The van der Waals surface area contributed by atoms with Gasteiger partial charge in [-0.1, -0.05) is 25.1 Å². The topological polar surface area (TPSA) is 81.8 Å². The Hall–Kier alpha value is -2.96. The van der Waals surface area contributed by atoms with Gasteiger partial charge in [-0.25, -0.2) is 4.98 Å². The molecule has 0 fully saturated rings. The fourth-order valence-electron chi connectivity index (χ4n) is 3.21. The minimum Gasteiger partial charge on any atom is -0.354 e. The van der Waals surface area contributed by atoms with Crippen LogP contribution in [-0.4, -0.2) is 37.6 Å². The first kappa shape index (κ1) is 17.8. The second-order valence-corrected chi connectivity index (χ2v) is 6.29. The maximum atomic E-state index is 12.8. The number of benzene rings is 1. The number of para-hydroxylation sites is 1. The van der Waals surface area contributed by atoms with Crippen LogP contribution in [0, 0.1) is 0 Å². The molecule has 0 unspecified atom stereocenters. The van der Waals surface area contributed by atoms with Crippen LogP contribution in [0.1, 0.15) is 42.5 Å². The highest BCUT2D eigenvalue weighted by Gasteiger charge is 2.22. The summed E-state index contributed by atoms with van der Waals surface area (Å²) in [6, 6.07) is 7.31. The summed E-state index contributed by atoms with van der Waals surface area (Å²) in [5.74, 6) is 0.756. The molecule has 0 saturated heterocycles. The Bertz CT molecular complexity index is 940. The molecule has 26 heavy (non-hydrogen) atoms. The number of fused-ring (bicyclic) bond motifs is 1. The number of aromatic nitrogens is 4. The van der Waals surface area contributed by atoms with Crippen molar-refractivity contribution in [1.82, 2.24) is 24.6 Å². The zero-order valence-electron chi connectivity index (χ0n) is 15.3. The third-order valence-electron chi connectivity index (χ3n) is 4.60. The Balaban J connectivity index is 1.80. The van der Waals surface area contributed by atoms with E-state index in [9.17, 15) is 9.59 Å². The van der Waals surface area contributed by atoms with Gasteiger partial charge in [0.1, 0.15) is 18.2 Å². The summed E-state index contributed by atoms with van der Waals surface area (Å²) < 4.78 is 3.60. The summed E-state index contributed by atoms with van der Waals surface area (Å²) in [6.07, 6.45) is 4.54. The van der Waals surface area contributed by atoms with E-state index < -0.39 is 0 Å². The summed E-state index contributed by atoms with van der Waals surface area (Å²) in [5, 5.41) is 7.88. The number of hydrogen-bond acceptors (Lipinski definition) is 4. The molecule has 2 aromatic heterocycles. The Labute approximate surface area is 152 Å². The van der Waals surface area contributed by atoms with Crippen LogP contribution in [0.3, 0.4) is 0 Å². The molecule has 0 spiro atoms. The lowest BCUT2D eigenvalue weighted by Gasteiger charge is -2.18. The molecule has 1 aromatic carbocycles. The molecule has 0 radical (unpaired) electrons. The highest BCUT2D eigenvalue weighted by molar-refractivity contribution is 6.07. The molecule has 7 nitrogen and oxygen atoms in total. The smallest absolute Gasteiger partial charge is 0.243 e. The molecule has 0 aliphatic heterocycles. The predicted molar refractivity (Wildman–Crippen MR) is 99.0 cm³/mol. The molecule has 3 aromatic rings. The molecule has 1 atom stereocenters. The van der Waals surface area contributed by atoms with E-state index >= 15 is 0 Å². The van der Waals surface area contributed by atoms with Crippen LogP contribution in [0.2, 0.25) is 0 Å². The number of Topliss-reactive ketones (excluding diaryl/α,β-unsaturated/α-hetero) is 1. The Kier molecular flexibility index (Phi) is 5.16. The van der Waals surface area contributed by atoms with Crippen molar-refractivity contribution in [2.75, 3.05) is 6.54 Å². The van der Waals surface area contributed by atoms with Crippen molar-refractivity contribution < 1.29 is 9.59 Å². The lowest BCUT2D eigenvalue weighted by molar-refractivity contribution is -0.124. The second kappa shape index (κ2) is 7.51. The van der Waals surface area contributed by atoms with E-state index in [2.05, 4.69) is 15.4 Å². The number of ketones is 1. The molecule has 136 valence electrons. The van der Waals surface area contributed by atoms with E-state index in [1.807, 2.05) is 42.8 Å². The minimum atomic E-state index is -0.368. The van der Waals surface area contributed by atoms with Gasteiger partial charge in [-0.05, 0) is 19.4 Å². The normalized spacial score (nSPS) is 12.3. The molecule has 3 rings (SSSR count). The van der Waals surface area contributed by atoms with Gasteiger partial charge in [-0.15, -0.1) is 0 Å². The minimum absolute atomic E-state index is 0.00232. The van der Waals surface area contributed by atoms with Crippen LogP contribution in [0.15, 0.2) is 36.8 Å². The average molecular weight is 353 g/mol. The van der Waals surface area contributed by atoms with Crippen LogP contribution in [0.4, 0.5) is 0 Å². The number of hydrogen-bond donors (Lipinski definition) is 1. The third kappa shape index (κ3) is 3.37. The van der Waals surface area contributed by atoms with Gasteiger partial charge < -0.3 is 9.88 Å². The van der Waals surface area contributed by atoms with Gasteiger partial charge >= 0.3 is 0 Å². The number of aryl methyl sites for hydroxylation is 1. The van der Waals surface area contributed by atoms with Crippen molar-refractivity contribution in [2.24, 2.45) is 7.05 Å². The number of carbonyl (C=O) groups is 2. The van der Waals surface area contributed by atoms with Crippen molar-refractivity contribution in [1.29, 1.82) is 0 Å². The summed E-state index contributed by atoms with van der Waals surface area (Å²) in [4.78, 5) is 28.9. The van der Waals surface area contributed by atoms with Gasteiger partial charge in [-0.3, -0.25) is 14.3 Å². The molecule has 7 heteroatoms. The van der Waals surface area contributed by atoms with Gasteiger partial charge in [0.05, 0.1) is 0 Å². The fraction of sp³-hybridized carbons (Fsp3) is 0.368. The number of carbonyl (C=O) groups excluding carboxylic acids is 2. The average Bonchev–Trinajstić information content (AvgIpc) is 3.20. The molecular weight excluding hydrogens is 330 g/mol. The highest BCUT2D eigenvalue weighted by Crippen LogP contribution is 2.26. The van der Waals surface area contributed by atoms with Gasteiger partial charge in [-0.2, -0.15) is 5.10 Å². The van der Waals surface area contributed by atoms with Gasteiger partial charge in [0.15, 0.2) is 5.78 Å². The van der Waals surface area contributed by atoms with E-state index in [1.165, 1.54) is 6.33 Å².